The lowest BCUT2D eigenvalue weighted by atomic mass is 10.00. The molecule has 138 valence electrons. The van der Waals surface area contributed by atoms with E-state index in [4.69, 9.17) is 9.47 Å². The van der Waals surface area contributed by atoms with E-state index in [-0.39, 0.29) is 31.2 Å². The van der Waals surface area contributed by atoms with Crippen molar-refractivity contribution in [1.29, 1.82) is 0 Å². The van der Waals surface area contributed by atoms with Crippen molar-refractivity contribution >= 4 is 17.8 Å². The lowest BCUT2D eigenvalue weighted by Crippen LogP contribution is -2.42. The fourth-order valence-electron chi connectivity index (χ4n) is 3.70. The van der Waals surface area contributed by atoms with E-state index in [0.717, 1.165) is 12.0 Å². The van der Waals surface area contributed by atoms with E-state index in [1.54, 1.807) is 17.0 Å². The SMILES string of the molecule is CCCNC(=O)N1C[C@@H]2C(=O)N(Cc3ccc4c(c3)OCO4)C(=O)[C@@H]2C1. The number of hydrogen-bond donors (Lipinski definition) is 1. The van der Waals surface area contributed by atoms with E-state index in [1.165, 1.54) is 4.90 Å². The van der Waals surface area contributed by atoms with Crippen LogP contribution in [0.15, 0.2) is 18.2 Å². The third kappa shape index (κ3) is 2.75. The monoisotopic (exact) mass is 359 g/mol. The van der Waals surface area contributed by atoms with Gasteiger partial charge in [-0.25, -0.2) is 4.79 Å². The maximum atomic E-state index is 12.7. The minimum Gasteiger partial charge on any atom is -0.454 e. The number of likely N-dealkylation sites (tertiary alicyclic amines) is 2. The minimum absolute atomic E-state index is 0.181. The molecule has 0 saturated carbocycles. The van der Waals surface area contributed by atoms with Crippen LogP contribution in [0.3, 0.4) is 0 Å². The Hall–Kier alpha value is -2.77. The number of urea groups is 1. The van der Waals surface area contributed by atoms with Crippen LogP contribution in [0.25, 0.3) is 0 Å². The quantitative estimate of drug-likeness (QED) is 0.809. The van der Waals surface area contributed by atoms with Crippen molar-refractivity contribution in [3.05, 3.63) is 23.8 Å². The van der Waals surface area contributed by atoms with Crippen molar-refractivity contribution in [2.75, 3.05) is 26.4 Å². The van der Waals surface area contributed by atoms with Gasteiger partial charge >= 0.3 is 6.03 Å². The van der Waals surface area contributed by atoms with Gasteiger partial charge in [0.1, 0.15) is 0 Å². The third-order valence-electron chi connectivity index (χ3n) is 5.08. The van der Waals surface area contributed by atoms with Crippen LogP contribution in [-0.2, 0) is 16.1 Å². The molecule has 0 spiro atoms. The molecule has 2 fully saturated rings. The standard InChI is InChI=1S/C18H21N3O5/c1-2-5-19-18(24)20-8-12-13(9-20)17(23)21(16(12)22)7-11-3-4-14-15(6-11)26-10-25-14/h3-4,6,12-13H,2,5,7-10H2,1H3,(H,19,24)/t12-,13+. The second-order valence-electron chi connectivity index (χ2n) is 6.80. The molecule has 8 heteroatoms. The number of benzene rings is 1. The number of fused-ring (bicyclic) bond motifs is 2. The fraction of sp³-hybridized carbons (Fsp3) is 0.500. The fourth-order valence-corrected chi connectivity index (χ4v) is 3.70. The number of nitrogens with zero attached hydrogens (tertiary/aromatic N) is 2. The summed E-state index contributed by atoms with van der Waals surface area (Å²) in [5.41, 5.74) is 0.813. The third-order valence-corrected chi connectivity index (χ3v) is 5.08. The molecule has 3 heterocycles. The molecule has 1 aromatic rings. The van der Waals surface area contributed by atoms with E-state index in [2.05, 4.69) is 5.32 Å². The predicted molar refractivity (Wildman–Crippen MR) is 90.4 cm³/mol. The molecule has 0 radical (unpaired) electrons. The molecule has 26 heavy (non-hydrogen) atoms. The van der Waals surface area contributed by atoms with Crippen molar-refractivity contribution in [2.45, 2.75) is 19.9 Å². The lowest BCUT2D eigenvalue weighted by molar-refractivity contribution is -0.141. The number of rotatable bonds is 4. The Bertz CT molecular complexity index is 741. The van der Waals surface area contributed by atoms with Gasteiger partial charge in [0, 0.05) is 19.6 Å². The zero-order valence-electron chi connectivity index (χ0n) is 14.6. The summed E-state index contributed by atoms with van der Waals surface area (Å²) in [4.78, 5) is 40.4. The van der Waals surface area contributed by atoms with Crippen LogP contribution >= 0.6 is 0 Å². The summed E-state index contributed by atoms with van der Waals surface area (Å²) in [6.45, 7) is 3.54. The largest absolute Gasteiger partial charge is 0.454 e. The van der Waals surface area contributed by atoms with Crippen molar-refractivity contribution in [3.63, 3.8) is 0 Å². The Morgan fingerprint density at radius 3 is 2.54 bits per heavy atom. The Morgan fingerprint density at radius 1 is 1.15 bits per heavy atom. The van der Waals surface area contributed by atoms with Crippen molar-refractivity contribution in [2.24, 2.45) is 11.8 Å². The Morgan fingerprint density at radius 2 is 1.85 bits per heavy atom. The molecule has 0 bridgehead atoms. The first-order valence-corrected chi connectivity index (χ1v) is 8.85. The molecule has 3 aliphatic heterocycles. The van der Waals surface area contributed by atoms with Gasteiger partial charge in [-0.2, -0.15) is 0 Å². The van der Waals surface area contributed by atoms with Crippen LogP contribution in [0.2, 0.25) is 0 Å². The van der Waals surface area contributed by atoms with Gasteiger partial charge in [0.2, 0.25) is 18.6 Å². The average Bonchev–Trinajstić information content (AvgIpc) is 3.33. The molecular weight excluding hydrogens is 338 g/mol. The minimum atomic E-state index is -0.441. The summed E-state index contributed by atoms with van der Waals surface area (Å²) >= 11 is 0. The summed E-state index contributed by atoms with van der Waals surface area (Å²) in [5.74, 6) is -0.00122. The van der Waals surface area contributed by atoms with Gasteiger partial charge < -0.3 is 19.7 Å². The average molecular weight is 359 g/mol. The van der Waals surface area contributed by atoms with Crippen molar-refractivity contribution in [1.82, 2.24) is 15.1 Å². The van der Waals surface area contributed by atoms with E-state index < -0.39 is 11.8 Å². The zero-order chi connectivity index (χ0) is 18.3. The number of hydrogen-bond acceptors (Lipinski definition) is 5. The lowest BCUT2D eigenvalue weighted by Gasteiger charge is -2.21. The number of carbonyl (C=O) groups excluding carboxylic acids is 3. The van der Waals surface area contributed by atoms with Gasteiger partial charge in [0.05, 0.1) is 18.4 Å². The van der Waals surface area contributed by atoms with Crippen LogP contribution in [0.5, 0.6) is 11.5 Å². The predicted octanol–water partition coefficient (Wildman–Crippen LogP) is 0.952. The summed E-state index contributed by atoms with van der Waals surface area (Å²) < 4.78 is 10.6. The number of amides is 4. The molecule has 2 saturated heterocycles. The molecule has 4 rings (SSSR count). The highest BCUT2D eigenvalue weighted by Gasteiger charge is 2.53. The summed E-state index contributed by atoms with van der Waals surface area (Å²) in [5, 5.41) is 2.79. The zero-order valence-corrected chi connectivity index (χ0v) is 14.6. The first-order valence-electron chi connectivity index (χ1n) is 8.85. The van der Waals surface area contributed by atoms with Crippen molar-refractivity contribution in [3.8, 4) is 11.5 Å². The van der Waals surface area contributed by atoms with E-state index in [9.17, 15) is 14.4 Å². The summed E-state index contributed by atoms with van der Waals surface area (Å²) in [6, 6.07) is 5.20. The summed E-state index contributed by atoms with van der Waals surface area (Å²) in [7, 11) is 0. The Kier molecular flexibility index (Phi) is 4.18. The molecule has 3 aliphatic rings. The van der Waals surface area contributed by atoms with Gasteiger partial charge in [0.25, 0.3) is 0 Å². The van der Waals surface area contributed by atoms with Crippen LogP contribution in [0.4, 0.5) is 4.79 Å². The first-order chi connectivity index (χ1) is 12.6. The maximum absolute atomic E-state index is 12.7. The molecular formula is C18H21N3O5. The van der Waals surface area contributed by atoms with Crippen LogP contribution in [-0.4, -0.2) is 54.1 Å². The topological polar surface area (TPSA) is 88.2 Å². The molecule has 1 N–H and O–H groups in total. The Balaban J connectivity index is 1.43. The van der Waals surface area contributed by atoms with E-state index >= 15 is 0 Å². The molecule has 1 aromatic carbocycles. The molecule has 2 atom stereocenters. The number of carbonyl (C=O) groups is 3. The maximum Gasteiger partial charge on any atom is 0.317 e. The molecule has 0 aromatic heterocycles. The van der Waals surface area contributed by atoms with Gasteiger partial charge in [-0.3, -0.25) is 14.5 Å². The molecule has 0 unspecified atom stereocenters. The van der Waals surface area contributed by atoms with Crippen LogP contribution in [0, 0.1) is 11.8 Å². The molecule has 8 nitrogen and oxygen atoms in total. The van der Waals surface area contributed by atoms with Gasteiger partial charge in [-0.05, 0) is 24.1 Å². The van der Waals surface area contributed by atoms with Crippen LogP contribution in [0.1, 0.15) is 18.9 Å². The second kappa shape index (κ2) is 6.51. The number of ether oxygens (including phenoxy) is 2. The normalized spacial score (nSPS) is 23.6. The van der Waals surface area contributed by atoms with Gasteiger partial charge in [-0.15, -0.1) is 0 Å². The highest BCUT2D eigenvalue weighted by molar-refractivity contribution is 6.06. The summed E-state index contributed by atoms with van der Waals surface area (Å²) in [6.07, 6.45) is 0.841. The van der Waals surface area contributed by atoms with Crippen molar-refractivity contribution < 1.29 is 23.9 Å². The number of imide groups is 1. The second-order valence-corrected chi connectivity index (χ2v) is 6.80. The molecule has 4 amide bonds. The first kappa shape index (κ1) is 16.7. The van der Waals surface area contributed by atoms with Gasteiger partial charge in [-0.1, -0.05) is 13.0 Å². The van der Waals surface area contributed by atoms with Gasteiger partial charge in [0.15, 0.2) is 11.5 Å². The Labute approximate surface area is 151 Å². The van der Waals surface area contributed by atoms with Crippen LogP contribution < -0.4 is 14.8 Å². The smallest absolute Gasteiger partial charge is 0.317 e. The molecule has 0 aliphatic carbocycles. The van der Waals surface area contributed by atoms with E-state index in [0.29, 0.717) is 31.1 Å². The van der Waals surface area contributed by atoms with E-state index in [1.807, 2.05) is 13.0 Å². The highest BCUT2D eigenvalue weighted by atomic mass is 16.7. The highest BCUT2D eigenvalue weighted by Crippen LogP contribution is 2.36. The number of nitrogens with one attached hydrogen (secondary N) is 1.